The largest absolute Gasteiger partial charge is 0.315 e. The van der Waals surface area contributed by atoms with E-state index in [1.807, 2.05) is 0 Å². The van der Waals surface area contributed by atoms with E-state index < -0.39 is 0 Å². The lowest BCUT2D eigenvalue weighted by Gasteiger charge is -2.19. The average molecular weight is 101 g/mol. The highest BCUT2D eigenvalue weighted by atomic mass is 15.4. The van der Waals surface area contributed by atoms with Gasteiger partial charge in [-0.05, 0) is 12.8 Å². The third-order valence-corrected chi connectivity index (χ3v) is 1.10. The Labute approximate surface area is 43.2 Å². The summed E-state index contributed by atoms with van der Waals surface area (Å²) in [5.74, 6) is 0. The van der Waals surface area contributed by atoms with Gasteiger partial charge in [-0.1, -0.05) is 0 Å². The molecule has 4 N–H and O–H groups in total. The van der Waals surface area contributed by atoms with Gasteiger partial charge < -0.3 is 5.73 Å². The van der Waals surface area contributed by atoms with E-state index in [0.717, 1.165) is 13.0 Å². The maximum Gasteiger partial charge on any atom is 0.0679 e. The lowest BCUT2D eigenvalue weighted by molar-refractivity contribution is 0.350. The highest BCUT2D eigenvalue weighted by Crippen LogP contribution is 1.91. The molecule has 0 aromatic rings. The SMILES string of the molecule is NC1CCCNN1. The molecule has 0 amide bonds. The maximum atomic E-state index is 5.46. The number of hydrogen-bond donors (Lipinski definition) is 3. The van der Waals surface area contributed by atoms with Crippen LogP contribution in [-0.2, 0) is 0 Å². The van der Waals surface area contributed by atoms with Crippen LogP contribution in [0.3, 0.4) is 0 Å². The Morgan fingerprint density at radius 2 is 2.43 bits per heavy atom. The van der Waals surface area contributed by atoms with Crippen molar-refractivity contribution in [1.82, 2.24) is 10.9 Å². The van der Waals surface area contributed by atoms with Crippen LogP contribution >= 0.6 is 0 Å². The molecule has 0 spiro atoms. The van der Waals surface area contributed by atoms with E-state index in [-0.39, 0.29) is 6.17 Å². The lowest BCUT2D eigenvalue weighted by atomic mass is 10.2. The molecule has 0 saturated carbocycles. The van der Waals surface area contributed by atoms with Crippen LogP contribution in [0.2, 0.25) is 0 Å². The zero-order valence-corrected chi connectivity index (χ0v) is 4.28. The molecular formula is C4H11N3. The van der Waals surface area contributed by atoms with Gasteiger partial charge >= 0.3 is 0 Å². The van der Waals surface area contributed by atoms with Crippen molar-refractivity contribution < 1.29 is 0 Å². The number of hydrogen-bond acceptors (Lipinski definition) is 3. The first kappa shape index (κ1) is 5.03. The normalized spacial score (nSPS) is 33.0. The van der Waals surface area contributed by atoms with E-state index in [1.165, 1.54) is 6.42 Å². The topological polar surface area (TPSA) is 50.1 Å². The van der Waals surface area contributed by atoms with Crippen LogP contribution in [0.1, 0.15) is 12.8 Å². The van der Waals surface area contributed by atoms with Crippen molar-refractivity contribution in [2.45, 2.75) is 19.0 Å². The Kier molecular flexibility index (Phi) is 1.62. The van der Waals surface area contributed by atoms with Crippen molar-refractivity contribution in [3.05, 3.63) is 0 Å². The Morgan fingerprint density at radius 1 is 1.57 bits per heavy atom. The molecule has 1 unspecified atom stereocenters. The minimum atomic E-state index is 0.175. The molecule has 42 valence electrons. The van der Waals surface area contributed by atoms with Gasteiger partial charge in [0.15, 0.2) is 0 Å². The molecule has 3 nitrogen and oxygen atoms in total. The first-order chi connectivity index (χ1) is 3.39. The molecule has 1 atom stereocenters. The fraction of sp³-hybridized carbons (Fsp3) is 1.00. The zero-order valence-electron chi connectivity index (χ0n) is 4.28. The minimum Gasteiger partial charge on any atom is -0.315 e. The van der Waals surface area contributed by atoms with Crippen molar-refractivity contribution in [1.29, 1.82) is 0 Å². The first-order valence-corrected chi connectivity index (χ1v) is 2.63. The molecule has 0 aromatic carbocycles. The molecule has 1 aliphatic rings. The fourth-order valence-corrected chi connectivity index (χ4v) is 0.686. The summed E-state index contributed by atoms with van der Waals surface area (Å²) in [4.78, 5) is 0. The Bertz CT molecular complexity index is 48.9. The molecule has 0 radical (unpaired) electrons. The lowest BCUT2D eigenvalue weighted by Crippen LogP contribution is -2.50. The molecule has 1 fully saturated rings. The van der Waals surface area contributed by atoms with Crippen molar-refractivity contribution in [3.8, 4) is 0 Å². The van der Waals surface area contributed by atoms with Crippen molar-refractivity contribution >= 4 is 0 Å². The van der Waals surface area contributed by atoms with Gasteiger partial charge in [-0.25, -0.2) is 5.43 Å². The summed E-state index contributed by atoms with van der Waals surface area (Å²) >= 11 is 0. The average Bonchev–Trinajstić information content (AvgIpc) is 1.69. The monoisotopic (exact) mass is 101 g/mol. The van der Waals surface area contributed by atoms with E-state index in [9.17, 15) is 0 Å². The molecular weight excluding hydrogens is 90.1 g/mol. The number of nitrogens with two attached hydrogens (primary N) is 1. The van der Waals surface area contributed by atoms with E-state index >= 15 is 0 Å². The van der Waals surface area contributed by atoms with Crippen LogP contribution in [0, 0.1) is 0 Å². The van der Waals surface area contributed by atoms with E-state index in [4.69, 9.17) is 5.73 Å². The molecule has 1 heterocycles. The molecule has 3 heteroatoms. The summed E-state index contributed by atoms with van der Waals surface area (Å²) in [6.45, 7) is 1.05. The maximum absolute atomic E-state index is 5.46. The van der Waals surface area contributed by atoms with Gasteiger partial charge in [-0.2, -0.15) is 0 Å². The van der Waals surface area contributed by atoms with Crippen LogP contribution in [-0.4, -0.2) is 12.7 Å². The van der Waals surface area contributed by atoms with Crippen LogP contribution in [0.4, 0.5) is 0 Å². The van der Waals surface area contributed by atoms with Gasteiger partial charge in [-0.15, -0.1) is 0 Å². The molecule has 7 heavy (non-hydrogen) atoms. The number of rotatable bonds is 0. The molecule has 0 aliphatic carbocycles. The number of nitrogens with one attached hydrogen (secondary N) is 2. The van der Waals surface area contributed by atoms with Crippen molar-refractivity contribution in [2.24, 2.45) is 5.73 Å². The third-order valence-electron chi connectivity index (χ3n) is 1.10. The summed E-state index contributed by atoms with van der Waals surface area (Å²) in [5.41, 5.74) is 11.3. The Hall–Kier alpha value is -0.120. The first-order valence-electron chi connectivity index (χ1n) is 2.63. The highest BCUT2D eigenvalue weighted by Gasteiger charge is 2.03. The third kappa shape index (κ3) is 1.43. The second kappa shape index (κ2) is 2.26. The van der Waals surface area contributed by atoms with E-state index in [1.54, 1.807) is 0 Å². The number of hydrazine groups is 1. The smallest absolute Gasteiger partial charge is 0.0679 e. The van der Waals surface area contributed by atoms with E-state index in [2.05, 4.69) is 10.9 Å². The predicted octanol–water partition coefficient (Wildman–Crippen LogP) is -0.841. The summed E-state index contributed by atoms with van der Waals surface area (Å²) < 4.78 is 0. The Morgan fingerprint density at radius 3 is 2.71 bits per heavy atom. The highest BCUT2D eigenvalue weighted by molar-refractivity contribution is 4.61. The van der Waals surface area contributed by atoms with E-state index in [0.29, 0.717) is 0 Å². The zero-order chi connectivity index (χ0) is 5.11. The second-order valence-electron chi connectivity index (χ2n) is 1.82. The van der Waals surface area contributed by atoms with Crippen molar-refractivity contribution in [2.75, 3.05) is 6.54 Å². The van der Waals surface area contributed by atoms with Gasteiger partial charge in [0.05, 0.1) is 6.17 Å². The standard InChI is InChI=1S/C4H11N3/c5-4-2-1-3-6-7-4/h4,6-7H,1-3,5H2. The fourth-order valence-electron chi connectivity index (χ4n) is 0.686. The van der Waals surface area contributed by atoms with Crippen LogP contribution < -0.4 is 16.6 Å². The second-order valence-corrected chi connectivity index (χ2v) is 1.82. The molecule has 1 aliphatic heterocycles. The van der Waals surface area contributed by atoms with Crippen LogP contribution in [0.15, 0.2) is 0 Å². The van der Waals surface area contributed by atoms with Gasteiger partial charge in [-0.3, -0.25) is 5.43 Å². The minimum absolute atomic E-state index is 0.175. The van der Waals surface area contributed by atoms with Crippen LogP contribution in [0.5, 0.6) is 0 Å². The van der Waals surface area contributed by atoms with Gasteiger partial charge in [0.1, 0.15) is 0 Å². The molecule has 0 bridgehead atoms. The summed E-state index contributed by atoms with van der Waals surface area (Å²) in [5, 5.41) is 0. The Balaban J connectivity index is 2.12. The molecule has 0 aromatic heterocycles. The molecule has 1 saturated heterocycles. The summed E-state index contributed by atoms with van der Waals surface area (Å²) in [6.07, 6.45) is 2.45. The summed E-state index contributed by atoms with van der Waals surface area (Å²) in [6, 6.07) is 0. The summed E-state index contributed by atoms with van der Waals surface area (Å²) in [7, 11) is 0. The predicted molar refractivity (Wildman–Crippen MR) is 28.3 cm³/mol. The van der Waals surface area contributed by atoms with Gasteiger partial charge in [0, 0.05) is 6.54 Å². The molecule has 1 rings (SSSR count). The van der Waals surface area contributed by atoms with Crippen molar-refractivity contribution in [3.63, 3.8) is 0 Å². The quantitative estimate of drug-likeness (QED) is 0.373. The van der Waals surface area contributed by atoms with Crippen LogP contribution in [0.25, 0.3) is 0 Å². The van der Waals surface area contributed by atoms with Gasteiger partial charge in [0.2, 0.25) is 0 Å². The van der Waals surface area contributed by atoms with Gasteiger partial charge in [0.25, 0.3) is 0 Å².